The number of likely N-dealkylation sites (N-methyl/N-ethyl adjacent to an activating group) is 2. The standard InChI is InChI=1S/C22H21ClN2O4S/c1-13-5-7-14(8-6-13)12-29-19-17(23)10-15(11-18(19)28-4)9-16-20(26)24(2)22(30)25(3)21(16)27/h5-11H,12H2,1-4H3. The second-order valence-electron chi connectivity index (χ2n) is 6.88. The third kappa shape index (κ3) is 4.32. The molecule has 0 radical (unpaired) electrons. The van der Waals surface area contributed by atoms with Crippen LogP contribution in [0.5, 0.6) is 11.5 Å². The Morgan fingerprint density at radius 1 is 1.07 bits per heavy atom. The van der Waals surface area contributed by atoms with Crippen LogP contribution in [-0.2, 0) is 16.2 Å². The van der Waals surface area contributed by atoms with Crippen LogP contribution in [0, 0.1) is 6.92 Å². The SMILES string of the molecule is COc1cc(C=C2C(=O)N(C)C(=S)N(C)C2=O)cc(Cl)c1OCc1ccc(C)cc1. The van der Waals surface area contributed by atoms with E-state index in [-0.39, 0.29) is 10.7 Å². The van der Waals surface area contributed by atoms with E-state index >= 15 is 0 Å². The summed E-state index contributed by atoms with van der Waals surface area (Å²) >= 11 is 11.5. The number of carbonyl (C=O) groups is 2. The third-order valence-corrected chi connectivity index (χ3v) is 5.54. The van der Waals surface area contributed by atoms with E-state index in [1.54, 1.807) is 12.1 Å². The maximum atomic E-state index is 12.5. The zero-order chi connectivity index (χ0) is 22.0. The smallest absolute Gasteiger partial charge is 0.265 e. The van der Waals surface area contributed by atoms with Gasteiger partial charge in [0.15, 0.2) is 16.6 Å². The molecule has 0 saturated carbocycles. The van der Waals surface area contributed by atoms with Gasteiger partial charge in [-0.2, -0.15) is 0 Å². The van der Waals surface area contributed by atoms with Gasteiger partial charge in [-0.15, -0.1) is 0 Å². The van der Waals surface area contributed by atoms with Gasteiger partial charge in [0.05, 0.1) is 12.1 Å². The Hall–Kier alpha value is -2.90. The van der Waals surface area contributed by atoms with Crippen LogP contribution in [0.15, 0.2) is 42.0 Å². The summed E-state index contributed by atoms with van der Waals surface area (Å²) in [4.78, 5) is 27.5. The molecule has 1 heterocycles. The van der Waals surface area contributed by atoms with Crippen LogP contribution in [0.1, 0.15) is 16.7 Å². The molecule has 0 N–H and O–H groups in total. The minimum atomic E-state index is -0.474. The van der Waals surface area contributed by atoms with Crippen molar-refractivity contribution in [2.45, 2.75) is 13.5 Å². The van der Waals surface area contributed by atoms with Gasteiger partial charge >= 0.3 is 0 Å². The van der Waals surface area contributed by atoms with Crippen LogP contribution in [0.25, 0.3) is 6.08 Å². The van der Waals surface area contributed by atoms with E-state index in [1.165, 1.54) is 37.1 Å². The molecule has 2 amide bonds. The first-order chi connectivity index (χ1) is 14.2. The molecule has 1 saturated heterocycles. The van der Waals surface area contributed by atoms with E-state index in [0.717, 1.165) is 11.1 Å². The lowest BCUT2D eigenvalue weighted by atomic mass is 10.1. The molecule has 8 heteroatoms. The molecule has 1 aliphatic heterocycles. The predicted octanol–water partition coefficient (Wildman–Crippen LogP) is 3.83. The molecule has 156 valence electrons. The van der Waals surface area contributed by atoms with Gasteiger partial charge in [0.2, 0.25) is 0 Å². The Morgan fingerprint density at radius 3 is 2.23 bits per heavy atom. The van der Waals surface area contributed by atoms with Gasteiger partial charge < -0.3 is 9.47 Å². The number of carbonyl (C=O) groups excluding carboxylic acids is 2. The van der Waals surface area contributed by atoms with Crippen molar-refractivity contribution in [2.24, 2.45) is 0 Å². The molecule has 30 heavy (non-hydrogen) atoms. The van der Waals surface area contributed by atoms with E-state index < -0.39 is 11.8 Å². The topological polar surface area (TPSA) is 59.1 Å². The van der Waals surface area contributed by atoms with Crippen molar-refractivity contribution in [1.82, 2.24) is 9.80 Å². The lowest BCUT2D eigenvalue weighted by Gasteiger charge is -2.31. The third-order valence-electron chi connectivity index (χ3n) is 4.71. The lowest BCUT2D eigenvalue weighted by Crippen LogP contribution is -2.52. The fourth-order valence-electron chi connectivity index (χ4n) is 2.94. The normalized spacial score (nSPS) is 14.3. The number of amides is 2. The molecule has 0 atom stereocenters. The molecule has 0 aromatic heterocycles. The van der Waals surface area contributed by atoms with Crippen molar-refractivity contribution in [3.05, 3.63) is 63.7 Å². The van der Waals surface area contributed by atoms with Crippen LogP contribution in [0.4, 0.5) is 0 Å². The average Bonchev–Trinajstić information content (AvgIpc) is 2.74. The molecule has 2 aromatic rings. The van der Waals surface area contributed by atoms with Gasteiger partial charge in [-0.3, -0.25) is 19.4 Å². The molecular formula is C22H21ClN2O4S. The minimum Gasteiger partial charge on any atom is -0.493 e. The van der Waals surface area contributed by atoms with Crippen molar-refractivity contribution in [2.75, 3.05) is 21.2 Å². The van der Waals surface area contributed by atoms with Crippen molar-refractivity contribution in [3.63, 3.8) is 0 Å². The number of rotatable bonds is 5. The largest absolute Gasteiger partial charge is 0.493 e. The fraction of sp³-hybridized carbons (Fsp3) is 0.227. The number of ether oxygens (including phenoxy) is 2. The predicted molar refractivity (Wildman–Crippen MR) is 120 cm³/mol. The Balaban J connectivity index is 1.90. The monoisotopic (exact) mass is 444 g/mol. The highest BCUT2D eigenvalue weighted by Crippen LogP contribution is 2.37. The van der Waals surface area contributed by atoms with Crippen molar-refractivity contribution >= 4 is 46.8 Å². The summed E-state index contributed by atoms with van der Waals surface area (Å²) in [6, 6.07) is 11.2. The number of methoxy groups -OCH3 is 1. The van der Waals surface area contributed by atoms with Crippen LogP contribution in [-0.4, -0.2) is 47.9 Å². The molecule has 2 aromatic carbocycles. The van der Waals surface area contributed by atoms with Crippen LogP contribution >= 0.6 is 23.8 Å². The minimum absolute atomic E-state index is 0.0138. The second kappa shape index (κ2) is 8.85. The van der Waals surface area contributed by atoms with Gasteiger partial charge in [-0.25, -0.2) is 0 Å². The average molecular weight is 445 g/mol. The summed E-state index contributed by atoms with van der Waals surface area (Å²) < 4.78 is 11.3. The molecule has 0 aliphatic carbocycles. The van der Waals surface area contributed by atoms with Crippen molar-refractivity contribution < 1.29 is 19.1 Å². The number of thiocarbonyl (C=S) groups is 1. The van der Waals surface area contributed by atoms with Crippen LogP contribution < -0.4 is 9.47 Å². The lowest BCUT2D eigenvalue weighted by molar-refractivity contribution is -0.132. The van der Waals surface area contributed by atoms with E-state index in [4.69, 9.17) is 33.3 Å². The highest BCUT2D eigenvalue weighted by molar-refractivity contribution is 7.80. The van der Waals surface area contributed by atoms with E-state index in [2.05, 4.69) is 0 Å². The number of nitrogens with zero attached hydrogens (tertiary/aromatic N) is 2. The summed E-state index contributed by atoms with van der Waals surface area (Å²) in [5.41, 5.74) is 2.67. The molecule has 1 fully saturated rings. The fourth-order valence-corrected chi connectivity index (χ4v) is 3.38. The zero-order valence-electron chi connectivity index (χ0n) is 17.1. The highest BCUT2D eigenvalue weighted by atomic mass is 35.5. The quantitative estimate of drug-likeness (QED) is 0.398. The zero-order valence-corrected chi connectivity index (χ0v) is 18.6. The molecule has 1 aliphatic rings. The molecule has 3 rings (SSSR count). The Bertz CT molecular complexity index is 1020. The molecule has 0 bridgehead atoms. The van der Waals surface area contributed by atoms with E-state index in [9.17, 15) is 9.59 Å². The van der Waals surface area contributed by atoms with Crippen LogP contribution in [0.3, 0.4) is 0 Å². The number of halogens is 1. The van der Waals surface area contributed by atoms with Gasteiger partial charge in [-0.05, 0) is 48.5 Å². The van der Waals surface area contributed by atoms with Crippen molar-refractivity contribution in [1.29, 1.82) is 0 Å². The van der Waals surface area contributed by atoms with Gasteiger partial charge in [0, 0.05) is 14.1 Å². The molecular weight excluding hydrogens is 424 g/mol. The number of aryl methyl sites for hydroxylation is 1. The first kappa shape index (κ1) is 21.8. The Labute approximate surface area is 185 Å². The number of hydrogen-bond acceptors (Lipinski definition) is 5. The first-order valence-corrected chi connectivity index (χ1v) is 9.89. The summed E-state index contributed by atoms with van der Waals surface area (Å²) in [5.74, 6) is -0.163. The summed E-state index contributed by atoms with van der Waals surface area (Å²) in [6.07, 6.45) is 1.47. The summed E-state index contributed by atoms with van der Waals surface area (Å²) in [5, 5.41) is 0.457. The van der Waals surface area contributed by atoms with Gasteiger partial charge in [0.1, 0.15) is 12.2 Å². The molecule has 0 spiro atoms. The van der Waals surface area contributed by atoms with E-state index in [0.29, 0.717) is 28.7 Å². The Kier molecular flexibility index (Phi) is 6.43. The first-order valence-electron chi connectivity index (χ1n) is 9.10. The van der Waals surface area contributed by atoms with Crippen molar-refractivity contribution in [3.8, 4) is 11.5 Å². The second-order valence-corrected chi connectivity index (χ2v) is 7.65. The van der Waals surface area contributed by atoms with Gasteiger partial charge in [0.25, 0.3) is 11.8 Å². The number of benzene rings is 2. The Morgan fingerprint density at radius 2 is 1.67 bits per heavy atom. The summed E-state index contributed by atoms with van der Waals surface area (Å²) in [6.45, 7) is 2.34. The highest BCUT2D eigenvalue weighted by Gasteiger charge is 2.35. The van der Waals surface area contributed by atoms with Gasteiger partial charge in [-0.1, -0.05) is 41.4 Å². The maximum Gasteiger partial charge on any atom is 0.265 e. The van der Waals surface area contributed by atoms with Crippen LogP contribution in [0.2, 0.25) is 5.02 Å². The van der Waals surface area contributed by atoms with E-state index in [1.807, 2.05) is 31.2 Å². The number of hydrogen-bond donors (Lipinski definition) is 0. The summed E-state index contributed by atoms with van der Waals surface area (Å²) in [7, 11) is 4.55. The maximum absolute atomic E-state index is 12.5. The molecule has 0 unspecified atom stereocenters. The molecule has 6 nitrogen and oxygen atoms in total.